The zero-order valence-corrected chi connectivity index (χ0v) is 13.6. The van der Waals surface area contributed by atoms with Gasteiger partial charge in [0.15, 0.2) is 11.5 Å². The highest BCUT2D eigenvalue weighted by atomic mass is 79.9. The fourth-order valence-corrected chi connectivity index (χ4v) is 3.84. The molecule has 0 radical (unpaired) electrons. The highest BCUT2D eigenvalue weighted by Crippen LogP contribution is 2.36. The summed E-state index contributed by atoms with van der Waals surface area (Å²) in [6.45, 7) is 4.27. The second-order valence-electron chi connectivity index (χ2n) is 4.54. The van der Waals surface area contributed by atoms with Gasteiger partial charge in [-0.2, -0.15) is 0 Å². The molecule has 3 nitrogen and oxygen atoms in total. The van der Waals surface area contributed by atoms with Crippen molar-refractivity contribution < 1.29 is 9.47 Å². The molecule has 2 aromatic rings. The minimum atomic E-state index is 0.187. The average molecular weight is 354 g/mol. The van der Waals surface area contributed by atoms with Crippen LogP contribution in [-0.4, -0.2) is 19.8 Å². The van der Waals surface area contributed by atoms with Crippen LogP contribution in [-0.2, 0) is 0 Å². The van der Waals surface area contributed by atoms with Crippen LogP contribution in [0.3, 0.4) is 0 Å². The van der Waals surface area contributed by atoms with Crippen LogP contribution >= 0.6 is 27.3 Å². The standard InChI is InChI=1S/C15H16BrNO2S/c1-2-17-15(13-5-6-14(16)20-13)10-3-4-11-12(9-10)19-8-7-18-11/h3-6,9,15,17H,2,7-8H2,1H3. The van der Waals surface area contributed by atoms with Gasteiger partial charge in [-0.25, -0.2) is 0 Å². The van der Waals surface area contributed by atoms with Gasteiger partial charge in [-0.1, -0.05) is 13.0 Å². The van der Waals surface area contributed by atoms with Gasteiger partial charge in [-0.3, -0.25) is 0 Å². The van der Waals surface area contributed by atoms with E-state index in [1.807, 2.05) is 6.07 Å². The molecule has 1 aromatic heterocycles. The molecule has 20 heavy (non-hydrogen) atoms. The molecule has 1 aromatic carbocycles. The summed E-state index contributed by atoms with van der Waals surface area (Å²) in [6.07, 6.45) is 0. The molecule has 0 aliphatic carbocycles. The van der Waals surface area contributed by atoms with Crippen LogP contribution in [0.25, 0.3) is 0 Å². The fourth-order valence-electron chi connectivity index (χ4n) is 2.31. The molecule has 0 bridgehead atoms. The fraction of sp³-hybridized carbons (Fsp3) is 0.333. The van der Waals surface area contributed by atoms with Crippen molar-refractivity contribution in [1.82, 2.24) is 5.32 Å². The molecular weight excluding hydrogens is 338 g/mol. The topological polar surface area (TPSA) is 30.5 Å². The molecule has 0 amide bonds. The molecule has 5 heteroatoms. The number of halogens is 1. The number of hydrogen-bond acceptors (Lipinski definition) is 4. The first-order chi connectivity index (χ1) is 9.78. The number of thiophene rings is 1. The monoisotopic (exact) mass is 353 g/mol. The smallest absolute Gasteiger partial charge is 0.161 e. The second-order valence-corrected chi connectivity index (χ2v) is 7.03. The molecule has 0 saturated carbocycles. The number of hydrogen-bond donors (Lipinski definition) is 1. The summed E-state index contributed by atoms with van der Waals surface area (Å²) >= 11 is 5.28. The molecule has 1 atom stereocenters. The van der Waals surface area contributed by atoms with Crippen molar-refractivity contribution in [3.63, 3.8) is 0 Å². The summed E-state index contributed by atoms with van der Waals surface area (Å²) in [4.78, 5) is 1.29. The molecule has 1 N–H and O–H groups in total. The number of benzene rings is 1. The second kappa shape index (κ2) is 6.16. The third-order valence-electron chi connectivity index (χ3n) is 3.19. The Bertz CT molecular complexity index is 599. The lowest BCUT2D eigenvalue weighted by Crippen LogP contribution is -2.22. The van der Waals surface area contributed by atoms with Gasteiger partial charge in [0.2, 0.25) is 0 Å². The van der Waals surface area contributed by atoms with Gasteiger partial charge in [-0.05, 0) is 52.3 Å². The van der Waals surface area contributed by atoms with Crippen molar-refractivity contribution in [1.29, 1.82) is 0 Å². The van der Waals surface area contributed by atoms with Gasteiger partial charge in [0.1, 0.15) is 13.2 Å². The van der Waals surface area contributed by atoms with Crippen molar-refractivity contribution in [3.8, 4) is 11.5 Å². The molecule has 3 rings (SSSR count). The van der Waals surface area contributed by atoms with E-state index < -0.39 is 0 Å². The molecule has 1 aliphatic rings. The largest absolute Gasteiger partial charge is 0.486 e. The summed E-state index contributed by atoms with van der Waals surface area (Å²) in [6, 6.07) is 10.6. The first-order valence-corrected chi connectivity index (χ1v) is 8.27. The maximum absolute atomic E-state index is 5.67. The Morgan fingerprint density at radius 2 is 2.00 bits per heavy atom. The van der Waals surface area contributed by atoms with E-state index in [2.05, 4.69) is 52.4 Å². The lowest BCUT2D eigenvalue weighted by molar-refractivity contribution is 0.171. The van der Waals surface area contributed by atoms with Crippen molar-refractivity contribution in [2.24, 2.45) is 0 Å². The molecule has 106 valence electrons. The van der Waals surface area contributed by atoms with Crippen molar-refractivity contribution in [2.45, 2.75) is 13.0 Å². The molecule has 1 aliphatic heterocycles. The van der Waals surface area contributed by atoms with Crippen LogP contribution in [0, 0.1) is 0 Å². The highest BCUT2D eigenvalue weighted by molar-refractivity contribution is 9.11. The average Bonchev–Trinajstić information content (AvgIpc) is 2.90. The van der Waals surface area contributed by atoms with Gasteiger partial charge >= 0.3 is 0 Å². The summed E-state index contributed by atoms with van der Waals surface area (Å²) < 4.78 is 12.4. The van der Waals surface area contributed by atoms with Gasteiger partial charge < -0.3 is 14.8 Å². The Hall–Kier alpha value is -1.04. The Morgan fingerprint density at radius 1 is 1.20 bits per heavy atom. The number of rotatable bonds is 4. The van der Waals surface area contributed by atoms with Crippen molar-refractivity contribution >= 4 is 27.3 Å². The SMILES string of the molecule is CCNC(c1ccc2c(c1)OCCO2)c1ccc(Br)s1. The van der Waals surface area contributed by atoms with E-state index in [4.69, 9.17) is 9.47 Å². The maximum atomic E-state index is 5.67. The summed E-state index contributed by atoms with van der Waals surface area (Å²) in [5.41, 5.74) is 1.20. The Balaban J connectivity index is 1.95. The van der Waals surface area contributed by atoms with Crippen molar-refractivity contribution in [2.75, 3.05) is 19.8 Å². The van der Waals surface area contributed by atoms with E-state index >= 15 is 0 Å². The van der Waals surface area contributed by atoms with Crippen LogP contribution < -0.4 is 14.8 Å². The third-order valence-corrected chi connectivity index (χ3v) is 4.87. The predicted octanol–water partition coefficient (Wildman–Crippen LogP) is 3.98. The Kier molecular flexibility index (Phi) is 4.29. The predicted molar refractivity (Wildman–Crippen MR) is 85.0 cm³/mol. The molecule has 2 heterocycles. The van der Waals surface area contributed by atoms with Crippen LogP contribution in [0.4, 0.5) is 0 Å². The zero-order valence-electron chi connectivity index (χ0n) is 11.2. The van der Waals surface area contributed by atoms with Gasteiger partial charge in [0.05, 0.1) is 9.83 Å². The number of ether oxygens (including phenoxy) is 2. The van der Waals surface area contributed by atoms with E-state index in [9.17, 15) is 0 Å². The van der Waals surface area contributed by atoms with Gasteiger partial charge in [0, 0.05) is 4.88 Å². The first kappa shape index (κ1) is 13.9. The van der Waals surface area contributed by atoms with Crippen LogP contribution in [0.5, 0.6) is 11.5 Å². The van der Waals surface area contributed by atoms with Crippen molar-refractivity contribution in [3.05, 3.63) is 44.6 Å². The highest BCUT2D eigenvalue weighted by Gasteiger charge is 2.19. The summed E-state index contributed by atoms with van der Waals surface area (Å²) in [5, 5.41) is 3.53. The molecule has 0 fully saturated rings. The van der Waals surface area contributed by atoms with Crippen LogP contribution in [0.15, 0.2) is 34.1 Å². The summed E-state index contributed by atoms with van der Waals surface area (Å²) in [7, 11) is 0. The Morgan fingerprint density at radius 3 is 2.70 bits per heavy atom. The minimum Gasteiger partial charge on any atom is -0.486 e. The van der Waals surface area contributed by atoms with E-state index in [0.717, 1.165) is 21.8 Å². The lowest BCUT2D eigenvalue weighted by atomic mass is 10.0. The molecule has 1 unspecified atom stereocenters. The van der Waals surface area contributed by atoms with E-state index in [0.29, 0.717) is 13.2 Å². The molecule has 0 saturated heterocycles. The van der Waals surface area contributed by atoms with E-state index in [1.54, 1.807) is 11.3 Å². The van der Waals surface area contributed by atoms with Crippen LogP contribution in [0.2, 0.25) is 0 Å². The minimum absolute atomic E-state index is 0.187. The van der Waals surface area contributed by atoms with E-state index in [-0.39, 0.29) is 6.04 Å². The Labute approximate surface area is 131 Å². The molecular formula is C15H16BrNO2S. The lowest BCUT2D eigenvalue weighted by Gasteiger charge is -2.22. The quantitative estimate of drug-likeness (QED) is 0.901. The normalized spacial score (nSPS) is 15.1. The number of nitrogens with one attached hydrogen (secondary N) is 1. The van der Waals surface area contributed by atoms with Gasteiger partial charge in [0.25, 0.3) is 0 Å². The van der Waals surface area contributed by atoms with E-state index in [1.165, 1.54) is 10.4 Å². The third kappa shape index (κ3) is 2.85. The first-order valence-electron chi connectivity index (χ1n) is 6.66. The zero-order chi connectivity index (χ0) is 13.9. The maximum Gasteiger partial charge on any atom is 0.161 e. The molecule has 0 spiro atoms. The van der Waals surface area contributed by atoms with Gasteiger partial charge in [-0.15, -0.1) is 11.3 Å². The summed E-state index contributed by atoms with van der Waals surface area (Å²) in [5.74, 6) is 1.68. The number of fused-ring (bicyclic) bond motifs is 1. The van der Waals surface area contributed by atoms with Crippen LogP contribution in [0.1, 0.15) is 23.4 Å².